The molecule has 0 aliphatic carbocycles. The van der Waals surface area contributed by atoms with E-state index in [9.17, 15) is 9.59 Å². The van der Waals surface area contributed by atoms with E-state index >= 15 is 0 Å². The van der Waals surface area contributed by atoms with Gasteiger partial charge in [-0.25, -0.2) is 0 Å². The molecule has 3 aromatic rings. The molecule has 160 valence electrons. The molecular weight excluding hydrogens is 394 g/mol. The first kappa shape index (κ1) is 21.7. The van der Waals surface area contributed by atoms with E-state index < -0.39 is 0 Å². The largest absolute Gasteiger partial charge is 0.495 e. The van der Waals surface area contributed by atoms with Gasteiger partial charge >= 0.3 is 0 Å². The second-order valence-corrected chi connectivity index (χ2v) is 6.84. The van der Waals surface area contributed by atoms with Gasteiger partial charge in [0.05, 0.1) is 32.1 Å². The highest BCUT2D eigenvalue weighted by molar-refractivity contribution is 6.05. The summed E-state index contributed by atoms with van der Waals surface area (Å²) in [5, 5.41) is 8.73. The Bertz CT molecular complexity index is 1070. The third-order valence-electron chi connectivity index (χ3n) is 4.55. The average Bonchev–Trinajstić information content (AvgIpc) is 2.78. The topological polar surface area (TPSA) is 88.7 Å². The monoisotopic (exact) mass is 419 g/mol. The Kier molecular flexibility index (Phi) is 7.11. The predicted octanol–water partition coefficient (Wildman–Crippen LogP) is 4.32. The quantitative estimate of drug-likeness (QED) is 0.506. The Hall–Kier alpha value is -4.00. The fourth-order valence-electron chi connectivity index (χ4n) is 3.02. The van der Waals surface area contributed by atoms with Crippen molar-refractivity contribution in [3.63, 3.8) is 0 Å². The van der Waals surface area contributed by atoms with Gasteiger partial charge in [-0.1, -0.05) is 30.3 Å². The number of nitrogens with one attached hydrogen (secondary N) is 3. The zero-order valence-corrected chi connectivity index (χ0v) is 17.7. The molecule has 3 aromatic carbocycles. The van der Waals surface area contributed by atoms with Crippen molar-refractivity contribution in [2.45, 2.75) is 6.92 Å². The zero-order chi connectivity index (χ0) is 22.2. The number of ether oxygens (including phenoxy) is 2. The minimum Gasteiger partial charge on any atom is -0.495 e. The van der Waals surface area contributed by atoms with E-state index in [1.807, 2.05) is 37.3 Å². The maximum Gasteiger partial charge on any atom is 0.255 e. The second-order valence-electron chi connectivity index (χ2n) is 6.84. The lowest BCUT2D eigenvalue weighted by Crippen LogP contribution is -2.22. The highest BCUT2D eigenvalue weighted by Gasteiger charge is 2.15. The standard InChI is InChI=1S/C24H25N3O4/c1-16-8-7-11-18(12-16)26-23(28)15-25-19-13-22(31-3)20(14-21(19)30-2)27-24(29)17-9-5-4-6-10-17/h4-14,25H,15H2,1-3H3,(H,26,28)(H,27,29). The third kappa shape index (κ3) is 5.76. The van der Waals surface area contributed by atoms with E-state index in [4.69, 9.17) is 9.47 Å². The minimum absolute atomic E-state index is 0.0309. The molecule has 0 radical (unpaired) electrons. The van der Waals surface area contributed by atoms with E-state index in [-0.39, 0.29) is 18.4 Å². The normalized spacial score (nSPS) is 10.2. The van der Waals surface area contributed by atoms with Crippen LogP contribution in [0.3, 0.4) is 0 Å². The number of amides is 2. The molecule has 0 saturated heterocycles. The van der Waals surface area contributed by atoms with Crippen molar-refractivity contribution in [2.75, 3.05) is 36.7 Å². The van der Waals surface area contributed by atoms with Gasteiger partial charge in [0.1, 0.15) is 11.5 Å². The number of rotatable bonds is 8. The second kappa shape index (κ2) is 10.2. The van der Waals surface area contributed by atoms with E-state index in [2.05, 4.69) is 16.0 Å². The highest BCUT2D eigenvalue weighted by atomic mass is 16.5. The van der Waals surface area contributed by atoms with Crippen LogP contribution in [0, 0.1) is 6.92 Å². The molecule has 0 atom stereocenters. The minimum atomic E-state index is -0.265. The summed E-state index contributed by atoms with van der Waals surface area (Å²) < 4.78 is 10.9. The number of aryl methyl sites for hydroxylation is 1. The van der Waals surface area contributed by atoms with Crippen molar-refractivity contribution in [3.8, 4) is 11.5 Å². The van der Waals surface area contributed by atoms with Crippen LogP contribution in [-0.4, -0.2) is 32.6 Å². The van der Waals surface area contributed by atoms with E-state index in [1.54, 1.807) is 36.4 Å². The van der Waals surface area contributed by atoms with Crippen molar-refractivity contribution in [1.29, 1.82) is 0 Å². The molecule has 31 heavy (non-hydrogen) atoms. The van der Waals surface area contributed by atoms with Gasteiger partial charge in [-0.3, -0.25) is 9.59 Å². The summed E-state index contributed by atoms with van der Waals surface area (Å²) in [5.41, 5.74) is 3.35. The summed E-state index contributed by atoms with van der Waals surface area (Å²) in [6, 6.07) is 19.8. The summed E-state index contributed by atoms with van der Waals surface area (Å²) in [6.07, 6.45) is 0. The van der Waals surface area contributed by atoms with Crippen LogP contribution in [0.25, 0.3) is 0 Å². The average molecular weight is 419 g/mol. The molecule has 0 bridgehead atoms. The summed E-state index contributed by atoms with van der Waals surface area (Å²) in [4.78, 5) is 24.8. The molecule has 2 amide bonds. The first-order chi connectivity index (χ1) is 15.0. The van der Waals surface area contributed by atoms with Gasteiger partial charge in [-0.2, -0.15) is 0 Å². The van der Waals surface area contributed by atoms with Gasteiger partial charge in [0.25, 0.3) is 5.91 Å². The van der Waals surface area contributed by atoms with Crippen LogP contribution < -0.4 is 25.4 Å². The van der Waals surface area contributed by atoms with E-state index in [0.29, 0.717) is 28.4 Å². The number of hydrogen-bond acceptors (Lipinski definition) is 5. The first-order valence-electron chi connectivity index (χ1n) is 9.73. The molecule has 0 fully saturated rings. The maximum absolute atomic E-state index is 12.5. The molecule has 0 spiro atoms. The number of anilines is 3. The van der Waals surface area contributed by atoms with Gasteiger partial charge in [-0.15, -0.1) is 0 Å². The zero-order valence-electron chi connectivity index (χ0n) is 17.7. The van der Waals surface area contributed by atoms with E-state index in [1.165, 1.54) is 14.2 Å². The van der Waals surface area contributed by atoms with Crippen LogP contribution >= 0.6 is 0 Å². The molecule has 3 N–H and O–H groups in total. The van der Waals surface area contributed by atoms with Crippen molar-refractivity contribution < 1.29 is 19.1 Å². The summed E-state index contributed by atoms with van der Waals surface area (Å²) in [6.45, 7) is 1.99. The Balaban J connectivity index is 1.72. The van der Waals surface area contributed by atoms with Crippen LogP contribution in [0.2, 0.25) is 0 Å². The Morgan fingerprint density at radius 3 is 2.16 bits per heavy atom. The summed E-state index contributed by atoms with van der Waals surface area (Å²) >= 11 is 0. The molecule has 0 aromatic heterocycles. The third-order valence-corrected chi connectivity index (χ3v) is 4.55. The molecule has 0 unspecified atom stereocenters. The van der Waals surface area contributed by atoms with Crippen LogP contribution in [0.15, 0.2) is 66.7 Å². The Labute approximate surface area is 181 Å². The predicted molar refractivity (Wildman–Crippen MR) is 122 cm³/mol. The Morgan fingerprint density at radius 1 is 0.806 bits per heavy atom. The first-order valence-corrected chi connectivity index (χ1v) is 9.73. The number of hydrogen-bond donors (Lipinski definition) is 3. The molecule has 7 heteroatoms. The smallest absolute Gasteiger partial charge is 0.255 e. The molecule has 0 saturated carbocycles. The fourth-order valence-corrected chi connectivity index (χ4v) is 3.02. The van der Waals surface area contributed by atoms with Gasteiger partial charge in [0.15, 0.2) is 0 Å². The Morgan fingerprint density at radius 2 is 1.48 bits per heavy atom. The van der Waals surface area contributed by atoms with Crippen LogP contribution in [0.5, 0.6) is 11.5 Å². The molecule has 7 nitrogen and oxygen atoms in total. The number of benzene rings is 3. The number of carbonyl (C=O) groups is 2. The number of methoxy groups -OCH3 is 2. The van der Waals surface area contributed by atoms with Gasteiger partial charge < -0.3 is 25.4 Å². The van der Waals surface area contributed by atoms with Crippen LogP contribution in [0.4, 0.5) is 17.1 Å². The molecule has 0 heterocycles. The molecular formula is C24H25N3O4. The van der Waals surface area contributed by atoms with Gasteiger partial charge in [0, 0.05) is 23.4 Å². The number of carbonyl (C=O) groups excluding carboxylic acids is 2. The van der Waals surface area contributed by atoms with E-state index in [0.717, 1.165) is 11.3 Å². The van der Waals surface area contributed by atoms with Crippen molar-refractivity contribution in [1.82, 2.24) is 0 Å². The van der Waals surface area contributed by atoms with Crippen molar-refractivity contribution in [2.24, 2.45) is 0 Å². The molecule has 3 rings (SSSR count). The maximum atomic E-state index is 12.5. The highest BCUT2D eigenvalue weighted by Crippen LogP contribution is 2.36. The summed E-state index contributed by atoms with van der Waals surface area (Å²) in [5.74, 6) is 0.437. The SMILES string of the molecule is COc1cc(NC(=O)c2ccccc2)c(OC)cc1NCC(=O)Nc1cccc(C)c1. The van der Waals surface area contributed by atoms with Crippen molar-refractivity contribution >= 4 is 28.9 Å². The lowest BCUT2D eigenvalue weighted by Gasteiger charge is -2.17. The van der Waals surface area contributed by atoms with Crippen LogP contribution in [-0.2, 0) is 4.79 Å². The molecule has 0 aliphatic heterocycles. The fraction of sp³-hybridized carbons (Fsp3) is 0.167. The van der Waals surface area contributed by atoms with Gasteiger partial charge in [-0.05, 0) is 36.8 Å². The van der Waals surface area contributed by atoms with Crippen molar-refractivity contribution in [3.05, 3.63) is 77.9 Å². The lowest BCUT2D eigenvalue weighted by atomic mass is 10.2. The van der Waals surface area contributed by atoms with Crippen LogP contribution in [0.1, 0.15) is 15.9 Å². The lowest BCUT2D eigenvalue weighted by molar-refractivity contribution is -0.114. The summed E-state index contributed by atoms with van der Waals surface area (Å²) in [7, 11) is 3.02. The molecule has 0 aliphatic rings. The van der Waals surface area contributed by atoms with Gasteiger partial charge in [0.2, 0.25) is 5.91 Å².